The summed E-state index contributed by atoms with van der Waals surface area (Å²) in [6.07, 6.45) is 1.21. The van der Waals surface area contributed by atoms with Crippen LogP contribution in [0, 0.1) is 5.82 Å². The summed E-state index contributed by atoms with van der Waals surface area (Å²) >= 11 is 3.29. The Morgan fingerprint density at radius 3 is 2.42 bits per heavy atom. The molecule has 66 valence electrons. The zero-order chi connectivity index (χ0) is 9.35. The molecule has 0 fully saturated rings. The monoisotopic (exact) mass is 231 g/mol. The minimum absolute atomic E-state index is 0.0755. The molecular weight excluding hydrogens is 221 g/mol. The van der Waals surface area contributed by atoms with Crippen molar-refractivity contribution in [3.8, 4) is 0 Å². The second-order valence-electron chi connectivity index (χ2n) is 3.74. The van der Waals surface area contributed by atoms with Crippen molar-refractivity contribution >= 4 is 15.9 Å². The van der Waals surface area contributed by atoms with E-state index in [0.29, 0.717) is 0 Å². The first-order valence-electron chi connectivity index (χ1n) is 3.73. The van der Waals surface area contributed by atoms with Crippen molar-refractivity contribution in [1.82, 2.24) is 4.98 Å². The second kappa shape index (κ2) is 3.13. The first kappa shape index (κ1) is 9.65. The number of rotatable bonds is 0. The lowest BCUT2D eigenvalue weighted by molar-refractivity contribution is 0.562. The average molecular weight is 232 g/mol. The van der Waals surface area contributed by atoms with Crippen LogP contribution in [0.1, 0.15) is 26.3 Å². The second-order valence-corrected chi connectivity index (χ2v) is 4.49. The van der Waals surface area contributed by atoms with Gasteiger partial charge in [-0.3, -0.25) is 0 Å². The summed E-state index contributed by atoms with van der Waals surface area (Å²) in [5.41, 5.74) is 0.816. The summed E-state index contributed by atoms with van der Waals surface area (Å²) in [5.74, 6) is -0.289. The van der Waals surface area contributed by atoms with Gasteiger partial charge in [0.05, 0.1) is 6.20 Å². The van der Waals surface area contributed by atoms with Crippen molar-refractivity contribution in [3.63, 3.8) is 0 Å². The van der Waals surface area contributed by atoms with Crippen LogP contribution < -0.4 is 0 Å². The van der Waals surface area contributed by atoms with E-state index in [1.165, 1.54) is 12.3 Å². The van der Waals surface area contributed by atoms with Crippen molar-refractivity contribution in [2.75, 3.05) is 0 Å². The SMILES string of the molecule is CC(C)(C)c1cc(F)cnc1Br. The highest BCUT2D eigenvalue weighted by Crippen LogP contribution is 2.28. The van der Waals surface area contributed by atoms with Crippen LogP contribution >= 0.6 is 15.9 Å². The molecule has 1 rings (SSSR count). The van der Waals surface area contributed by atoms with Gasteiger partial charge >= 0.3 is 0 Å². The van der Waals surface area contributed by atoms with E-state index in [0.717, 1.165) is 10.2 Å². The number of hydrogen-bond donors (Lipinski definition) is 0. The largest absolute Gasteiger partial charge is 0.246 e. The van der Waals surface area contributed by atoms with Gasteiger partial charge in [-0.1, -0.05) is 20.8 Å². The van der Waals surface area contributed by atoms with Gasteiger partial charge in [0.25, 0.3) is 0 Å². The molecule has 0 bridgehead atoms. The molecule has 0 aliphatic heterocycles. The van der Waals surface area contributed by atoms with Crippen molar-refractivity contribution in [1.29, 1.82) is 0 Å². The molecule has 0 saturated heterocycles. The molecule has 3 heteroatoms. The molecule has 0 radical (unpaired) electrons. The average Bonchev–Trinajstić information content (AvgIpc) is 1.92. The van der Waals surface area contributed by atoms with Gasteiger partial charge in [0, 0.05) is 0 Å². The highest BCUT2D eigenvalue weighted by atomic mass is 79.9. The summed E-state index contributed by atoms with van der Waals surface area (Å²) in [7, 11) is 0. The van der Waals surface area contributed by atoms with Crippen molar-refractivity contribution in [2.24, 2.45) is 0 Å². The van der Waals surface area contributed by atoms with Crippen LogP contribution in [-0.4, -0.2) is 4.98 Å². The van der Waals surface area contributed by atoms with E-state index >= 15 is 0 Å². The maximum atomic E-state index is 12.8. The molecule has 1 nitrogen and oxygen atoms in total. The van der Waals surface area contributed by atoms with E-state index in [1.54, 1.807) is 0 Å². The van der Waals surface area contributed by atoms with E-state index < -0.39 is 0 Å². The van der Waals surface area contributed by atoms with E-state index in [9.17, 15) is 4.39 Å². The fraction of sp³-hybridized carbons (Fsp3) is 0.444. The fourth-order valence-electron chi connectivity index (χ4n) is 0.949. The topological polar surface area (TPSA) is 12.9 Å². The number of nitrogens with zero attached hydrogens (tertiary/aromatic N) is 1. The number of pyridine rings is 1. The summed E-state index contributed by atoms with van der Waals surface area (Å²) < 4.78 is 13.5. The lowest BCUT2D eigenvalue weighted by Crippen LogP contribution is -2.13. The lowest BCUT2D eigenvalue weighted by atomic mass is 9.88. The zero-order valence-electron chi connectivity index (χ0n) is 7.36. The predicted molar refractivity (Wildman–Crippen MR) is 50.6 cm³/mol. The third-order valence-electron chi connectivity index (χ3n) is 1.61. The standard InChI is InChI=1S/C9H11BrFN/c1-9(2,3)7-4-6(11)5-12-8(7)10/h4-5H,1-3H3. The highest BCUT2D eigenvalue weighted by Gasteiger charge is 2.18. The van der Waals surface area contributed by atoms with Crippen LogP contribution in [0.5, 0.6) is 0 Å². The zero-order valence-corrected chi connectivity index (χ0v) is 8.94. The third kappa shape index (κ3) is 2.03. The Balaban J connectivity index is 3.23. The summed E-state index contributed by atoms with van der Waals surface area (Å²) in [4.78, 5) is 3.89. The van der Waals surface area contributed by atoms with Crippen molar-refractivity contribution < 1.29 is 4.39 Å². The van der Waals surface area contributed by atoms with Gasteiger partial charge in [0.2, 0.25) is 0 Å². The van der Waals surface area contributed by atoms with Crippen LogP contribution in [0.3, 0.4) is 0 Å². The number of halogens is 2. The number of hydrogen-bond acceptors (Lipinski definition) is 1. The van der Waals surface area contributed by atoms with Gasteiger partial charge in [0.1, 0.15) is 10.4 Å². The first-order valence-corrected chi connectivity index (χ1v) is 4.52. The normalized spacial score (nSPS) is 11.8. The molecule has 1 aromatic rings. The smallest absolute Gasteiger partial charge is 0.141 e. The minimum Gasteiger partial charge on any atom is -0.246 e. The minimum atomic E-state index is -0.289. The molecule has 0 spiro atoms. The van der Waals surface area contributed by atoms with Crippen LogP contribution in [0.2, 0.25) is 0 Å². The van der Waals surface area contributed by atoms with Gasteiger partial charge in [-0.25, -0.2) is 9.37 Å². The molecule has 0 aliphatic rings. The molecule has 1 heterocycles. The Hall–Kier alpha value is -0.440. The fourth-order valence-corrected chi connectivity index (χ4v) is 1.76. The molecule has 0 amide bonds. The maximum Gasteiger partial charge on any atom is 0.141 e. The van der Waals surface area contributed by atoms with Crippen LogP contribution in [0.15, 0.2) is 16.9 Å². The molecular formula is C9H11BrFN. The Labute approximate surface area is 80.1 Å². The van der Waals surface area contributed by atoms with Gasteiger partial charge in [-0.15, -0.1) is 0 Å². The highest BCUT2D eigenvalue weighted by molar-refractivity contribution is 9.10. The Morgan fingerprint density at radius 1 is 1.42 bits per heavy atom. The quantitative estimate of drug-likeness (QED) is 0.625. The van der Waals surface area contributed by atoms with Gasteiger partial charge in [0.15, 0.2) is 0 Å². The van der Waals surface area contributed by atoms with Crippen molar-refractivity contribution in [2.45, 2.75) is 26.2 Å². The molecule has 12 heavy (non-hydrogen) atoms. The molecule has 0 aliphatic carbocycles. The molecule has 0 N–H and O–H groups in total. The number of aromatic nitrogens is 1. The summed E-state index contributed by atoms with van der Waals surface area (Å²) in [6.45, 7) is 6.07. The Kier molecular flexibility index (Phi) is 2.52. The molecule has 0 saturated carbocycles. The van der Waals surface area contributed by atoms with Gasteiger partial charge in [-0.05, 0) is 33.0 Å². The van der Waals surface area contributed by atoms with E-state index in [1.807, 2.05) is 20.8 Å². The molecule has 0 unspecified atom stereocenters. The van der Waals surface area contributed by atoms with E-state index in [4.69, 9.17) is 0 Å². The third-order valence-corrected chi connectivity index (χ3v) is 2.25. The van der Waals surface area contributed by atoms with Crippen LogP contribution in [0.25, 0.3) is 0 Å². The van der Waals surface area contributed by atoms with E-state index in [-0.39, 0.29) is 11.2 Å². The molecule has 0 atom stereocenters. The maximum absolute atomic E-state index is 12.8. The van der Waals surface area contributed by atoms with E-state index in [2.05, 4.69) is 20.9 Å². The Bertz CT molecular complexity index is 291. The van der Waals surface area contributed by atoms with Crippen LogP contribution in [0.4, 0.5) is 4.39 Å². The van der Waals surface area contributed by atoms with Crippen molar-refractivity contribution in [3.05, 3.63) is 28.2 Å². The first-order chi connectivity index (χ1) is 5.41. The lowest BCUT2D eigenvalue weighted by Gasteiger charge is -2.19. The summed E-state index contributed by atoms with van der Waals surface area (Å²) in [5, 5.41) is 0. The Morgan fingerprint density at radius 2 is 2.00 bits per heavy atom. The van der Waals surface area contributed by atoms with Gasteiger partial charge in [-0.2, -0.15) is 0 Å². The van der Waals surface area contributed by atoms with Gasteiger partial charge < -0.3 is 0 Å². The predicted octanol–water partition coefficient (Wildman–Crippen LogP) is 3.28. The summed E-state index contributed by atoms with van der Waals surface area (Å²) in [6, 6.07) is 1.51. The molecule has 0 aromatic carbocycles. The molecule has 1 aromatic heterocycles. The van der Waals surface area contributed by atoms with Crippen LogP contribution in [-0.2, 0) is 5.41 Å².